The van der Waals surface area contributed by atoms with Gasteiger partial charge in [0.1, 0.15) is 17.2 Å². The van der Waals surface area contributed by atoms with Crippen LogP contribution in [0.5, 0.6) is 11.5 Å². The number of ether oxygens (including phenoxy) is 2. The van der Waals surface area contributed by atoms with E-state index in [1.807, 2.05) is 0 Å². The Morgan fingerprint density at radius 3 is 2.45 bits per heavy atom. The maximum absolute atomic E-state index is 5.56. The molecule has 0 atom stereocenters. The number of methoxy groups -OCH3 is 2. The van der Waals surface area contributed by atoms with Gasteiger partial charge in [-0.05, 0) is 49.1 Å². The summed E-state index contributed by atoms with van der Waals surface area (Å²) in [7, 11) is 3.39. The Hall–Kier alpha value is -2.38. The lowest BCUT2D eigenvalue weighted by Crippen LogP contribution is -3.08. The first-order valence-electron chi connectivity index (χ1n) is 11.2. The second kappa shape index (κ2) is 8.28. The fourth-order valence-corrected chi connectivity index (χ4v) is 5.96. The number of benzene rings is 1. The number of nitrogens with one attached hydrogen (secondary N) is 1. The van der Waals surface area contributed by atoms with Crippen molar-refractivity contribution in [2.45, 2.75) is 46.2 Å². The molecule has 2 aliphatic heterocycles. The van der Waals surface area contributed by atoms with Gasteiger partial charge >= 0.3 is 0 Å². The highest BCUT2D eigenvalue weighted by atomic mass is 32.1. The molecule has 0 saturated carbocycles. The number of fused-ring (bicyclic) bond motifs is 2. The van der Waals surface area contributed by atoms with Crippen molar-refractivity contribution in [2.24, 2.45) is 0 Å². The summed E-state index contributed by atoms with van der Waals surface area (Å²) in [5.41, 5.74) is 3.93. The maximum Gasteiger partial charge on any atom is 0.187 e. The zero-order valence-electron chi connectivity index (χ0n) is 18.9. The molecule has 2 aliphatic rings. The van der Waals surface area contributed by atoms with Crippen LogP contribution in [0.4, 0.5) is 5.82 Å². The second-order valence-corrected chi connectivity index (χ2v) is 9.91. The topological polar surface area (TPSA) is 51.9 Å². The second-order valence-electron chi connectivity index (χ2n) is 8.71. The Morgan fingerprint density at radius 1 is 1.03 bits per heavy atom. The predicted molar refractivity (Wildman–Crippen MR) is 125 cm³/mol. The van der Waals surface area contributed by atoms with Crippen LogP contribution < -0.4 is 19.3 Å². The Kier molecular flexibility index (Phi) is 5.48. The molecule has 1 fully saturated rings. The van der Waals surface area contributed by atoms with E-state index in [9.17, 15) is 0 Å². The molecule has 1 aromatic carbocycles. The lowest BCUT2D eigenvalue weighted by molar-refractivity contribution is -0.902. The molecule has 1 saturated heterocycles. The standard InChI is InChI=1S/C24H30N4O2S/c1-15-16(2)31-24-22(15)23(25-21(26-24)14-27-8-5-6-9-27)28-10-7-17-11-19(29-3)20(30-4)12-18(17)13-28/h11-12H,5-10,13-14H2,1-4H3/p+1. The van der Waals surface area contributed by atoms with E-state index in [1.54, 1.807) is 30.5 Å². The van der Waals surface area contributed by atoms with E-state index in [0.717, 1.165) is 54.0 Å². The fourth-order valence-electron chi connectivity index (χ4n) is 4.92. The van der Waals surface area contributed by atoms with Gasteiger partial charge in [-0.25, -0.2) is 9.97 Å². The first-order valence-corrected chi connectivity index (χ1v) is 12.0. The molecule has 0 aliphatic carbocycles. The van der Waals surface area contributed by atoms with Gasteiger partial charge in [0, 0.05) is 30.8 Å². The van der Waals surface area contributed by atoms with Gasteiger partial charge in [-0.15, -0.1) is 11.3 Å². The molecule has 31 heavy (non-hydrogen) atoms. The summed E-state index contributed by atoms with van der Waals surface area (Å²) in [6.07, 6.45) is 3.60. The van der Waals surface area contributed by atoms with E-state index in [-0.39, 0.29) is 0 Å². The number of aryl methyl sites for hydroxylation is 2. The molecule has 0 radical (unpaired) electrons. The summed E-state index contributed by atoms with van der Waals surface area (Å²) < 4.78 is 11.1. The Labute approximate surface area is 187 Å². The molecular weight excluding hydrogens is 408 g/mol. The summed E-state index contributed by atoms with van der Waals surface area (Å²) >= 11 is 1.80. The smallest absolute Gasteiger partial charge is 0.187 e. The molecule has 3 aromatic rings. The lowest BCUT2D eigenvalue weighted by Gasteiger charge is -2.31. The molecule has 2 aromatic heterocycles. The van der Waals surface area contributed by atoms with Gasteiger partial charge in [0.15, 0.2) is 17.3 Å². The number of nitrogens with zero attached hydrogens (tertiary/aromatic N) is 3. The molecule has 0 unspecified atom stereocenters. The summed E-state index contributed by atoms with van der Waals surface area (Å²) in [4.78, 5) is 16.7. The van der Waals surface area contributed by atoms with E-state index in [2.05, 4.69) is 30.9 Å². The Bertz CT molecular complexity index is 1120. The fraction of sp³-hybridized carbons (Fsp3) is 0.500. The van der Waals surface area contributed by atoms with Crippen LogP contribution in [0, 0.1) is 13.8 Å². The van der Waals surface area contributed by atoms with Crippen LogP contribution in [-0.2, 0) is 19.5 Å². The molecule has 7 heteroatoms. The molecule has 0 bridgehead atoms. The van der Waals surface area contributed by atoms with Crippen LogP contribution in [0.15, 0.2) is 12.1 Å². The first kappa shape index (κ1) is 20.5. The zero-order valence-corrected chi connectivity index (χ0v) is 19.7. The average Bonchev–Trinajstić information content (AvgIpc) is 3.39. The van der Waals surface area contributed by atoms with Gasteiger partial charge in [-0.1, -0.05) is 0 Å². The highest BCUT2D eigenvalue weighted by molar-refractivity contribution is 7.18. The Balaban J connectivity index is 1.54. The summed E-state index contributed by atoms with van der Waals surface area (Å²) in [5, 5.41) is 1.23. The molecule has 164 valence electrons. The van der Waals surface area contributed by atoms with Gasteiger partial charge in [0.25, 0.3) is 0 Å². The van der Waals surface area contributed by atoms with Gasteiger partial charge in [-0.2, -0.15) is 0 Å². The van der Waals surface area contributed by atoms with Crippen molar-refractivity contribution in [3.63, 3.8) is 0 Å². The maximum atomic E-state index is 5.56. The predicted octanol–water partition coefficient (Wildman–Crippen LogP) is 3.07. The minimum atomic E-state index is 0.789. The largest absolute Gasteiger partial charge is 0.493 e. The van der Waals surface area contributed by atoms with Crippen molar-refractivity contribution < 1.29 is 14.4 Å². The van der Waals surface area contributed by atoms with Crippen LogP contribution in [-0.4, -0.2) is 43.8 Å². The number of anilines is 1. The van der Waals surface area contributed by atoms with Crippen molar-refractivity contribution in [1.82, 2.24) is 9.97 Å². The highest BCUT2D eigenvalue weighted by Crippen LogP contribution is 2.38. The number of hydrogen-bond acceptors (Lipinski definition) is 6. The normalized spacial score (nSPS) is 16.7. The quantitative estimate of drug-likeness (QED) is 0.662. The lowest BCUT2D eigenvalue weighted by atomic mass is 9.98. The van der Waals surface area contributed by atoms with Crippen LogP contribution in [0.2, 0.25) is 0 Å². The van der Waals surface area contributed by atoms with Crippen LogP contribution in [0.1, 0.15) is 40.2 Å². The molecule has 0 amide bonds. The summed E-state index contributed by atoms with van der Waals surface area (Å²) in [6, 6.07) is 4.25. The minimum absolute atomic E-state index is 0.789. The van der Waals surface area contributed by atoms with E-state index in [4.69, 9.17) is 19.4 Å². The summed E-state index contributed by atoms with van der Waals surface area (Å²) in [6.45, 7) is 9.56. The average molecular weight is 440 g/mol. The molecule has 0 spiro atoms. The van der Waals surface area contributed by atoms with Crippen LogP contribution in [0.25, 0.3) is 10.2 Å². The van der Waals surface area contributed by atoms with Crippen molar-refractivity contribution in [2.75, 3.05) is 38.8 Å². The van der Waals surface area contributed by atoms with E-state index < -0.39 is 0 Å². The highest BCUT2D eigenvalue weighted by Gasteiger charge is 2.26. The van der Waals surface area contributed by atoms with Gasteiger partial charge < -0.3 is 19.3 Å². The number of likely N-dealkylation sites (tertiary alicyclic amines) is 1. The van der Waals surface area contributed by atoms with Crippen molar-refractivity contribution in [3.8, 4) is 11.5 Å². The van der Waals surface area contributed by atoms with Crippen LogP contribution in [0.3, 0.4) is 0 Å². The molecule has 5 rings (SSSR count). The third kappa shape index (κ3) is 3.74. The van der Waals surface area contributed by atoms with E-state index in [1.165, 1.54) is 52.9 Å². The van der Waals surface area contributed by atoms with Crippen LogP contribution >= 0.6 is 11.3 Å². The van der Waals surface area contributed by atoms with Crippen molar-refractivity contribution in [1.29, 1.82) is 0 Å². The zero-order chi connectivity index (χ0) is 21.5. The monoisotopic (exact) mass is 439 g/mol. The van der Waals surface area contributed by atoms with Gasteiger partial charge in [0.2, 0.25) is 0 Å². The van der Waals surface area contributed by atoms with E-state index >= 15 is 0 Å². The molecule has 4 heterocycles. The minimum Gasteiger partial charge on any atom is -0.493 e. The molecule has 6 nitrogen and oxygen atoms in total. The van der Waals surface area contributed by atoms with E-state index in [0.29, 0.717) is 0 Å². The third-order valence-electron chi connectivity index (χ3n) is 6.79. The first-order chi connectivity index (χ1) is 15.1. The molecule has 1 N–H and O–H groups in total. The molecular formula is C24H31N4O2S+. The third-order valence-corrected chi connectivity index (χ3v) is 7.89. The van der Waals surface area contributed by atoms with Gasteiger partial charge in [-0.3, -0.25) is 0 Å². The number of quaternary nitrogens is 1. The van der Waals surface area contributed by atoms with Gasteiger partial charge in [0.05, 0.1) is 32.7 Å². The number of hydrogen-bond donors (Lipinski definition) is 1. The SMILES string of the molecule is COc1cc2c(cc1OC)CN(c1nc(C[NH+]3CCCC3)nc3sc(C)c(C)c13)CC2. The summed E-state index contributed by atoms with van der Waals surface area (Å²) in [5.74, 6) is 3.68. The number of aromatic nitrogens is 2. The Morgan fingerprint density at radius 2 is 1.74 bits per heavy atom. The van der Waals surface area contributed by atoms with Crippen molar-refractivity contribution >= 4 is 27.4 Å². The van der Waals surface area contributed by atoms with Crippen molar-refractivity contribution in [3.05, 3.63) is 39.5 Å². The number of rotatable bonds is 5. The number of thiophene rings is 1.